The van der Waals surface area contributed by atoms with Crippen molar-refractivity contribution in [2.24, 2.45) is 0 Å². The van der Waals surface area contributed by atoms with Gasteiger partial charge in [-0.25, -0.2) is 0 Å². The molecule has 0 rings (SSSR count). The van der Waals surface area contributed by atoms with Crippen LogP contribution in [0, 0.1) is 0 Å². The van der Waals surface area contributed by atoms with Crippen molar-refractivity contribution < 1.29 is 9.90 Å². The van der Waals surface area contributed by atoms with Gasteiger partial charge in [-0.1, -0.05) is 76.0 Å². The van der Waals surface area contributed by atoms with E-state index < -0.39 is 5.97 Å². The Morgan fingerprint density at radius 1 is 0.682 bits per heavy atom. The van der Waals surface area contributed by atoms with Crippen LogP contribution >= 0.6 is 0 Å². The average Bonchev–Trinajstić information content (AvgIpc) is 2.50. The van der Waals surface area contributed by atoms with Crippen LogP contribution in [0.25, 0.3) is 0 Å². The van der Waals surface area contributed by atoms with E-state index in [0.29, 0.717) is 6.42 Å². The van der Waals surface area contributed by atoms with Gasteiger partial charge in [0.1, 0.15) is 0 Å². The van der Waals surface area contributed by atoms with Crippen LogP contribution in [0.2, 0.25) is 0 Å². The highest BCUT2D eigenvalue weighted by Gasteiger charge is 1.94. The molecule has 0 atom stereocenters. The molecule has 2 heteroatoms. The lowest BCUT2D eigenvalue weighted by molar-refractivity contribution is -0.136. The van der Waals surface area contributed by atoms with Gasteiger partial charge >= 0.3 is 5.97 Å². The first-order valence-electron chi connectivity index (χ1n) is 9.25. The van der Waals surface area contributed by atoms with Crippen LogP contribution in [0.1, 0.15) is 96.3 Å². The lowest BCUT2D eigenvalue weighted by Crippen LogP contribution is -1.91. The molecular formula is C20H36O2. The van der Waals surface area contributed by atoms with Crippen molar-refractivity contribution in [2.45, 2.75) is 96.3 Å². The van der Waals surface area contributed by atoms with Gasteiger partial charge in [0.15, 0.2) is 0 Å². The molecule has 0 unspecified atom stereocenters. The molecule has 0 saturated carbocycles. The summed E-state index contributed by atoms with van der Waals surface area (Å²) in [5.74, 6) is -0.707. The molecule has 0 saturated heterocycles. The van der Waals surface area contributed by atoms with Gasteiger partial charge in [0, 0.05) is 6.42 Å². The monoisotopic (exact) mass is 308 g/mol. The van der Waals surface area contributed by atoms with Crippen molar-refractivity contribution >= 4 is 5.97 Å². The van der Waals surface area contributed by atoms with Gasteiger partial charge < -0.3 is 5.11 Å². The number of carbonyl (C=O) groups is 1. The fourth-order valence-electron chi connectivity index (χ4n) is 2.58. The number of rotatable bonds is 17. The molecule has 0 amide bonds. The van der Waals surface area contributed by atoms with E-state index in [0.717, 1.165) is 6.42 Å². The number of carboxylic acid groups (broad SMARTS) is 1. The Morgan fingerprint density at radius 2 is 1.09 bits per heavy atom. The second kappa shape index (κ2) is 18.0. The molecule has 0 heterocycles. The maximum atomic E-state index is 10.3. The third-order valence-electron chi connectivity index (χ3n) is 3.97. The lowest BCUT2D eigenvalue weighted by atomic mass is 10.0. The first kappa shape index (κ1) is 20.9. The standard InChI is InChI=1S/C20H36O2/c1-2-3-4-5-6-7-8-9-10-11-12-13-14-15-16-17-18-19-20(21)22/h2,16-17H,1,3-15,18-19H2,(H,21,22)/b17-16+. The molecule has 0 aliphatic heterocycles. The summed E-state index contributed by atoms with van der Waals surface area (Å²) in [5.41, 5.74) is 0. The zero-order chi connectivity index (χ0) is 16.3. The summed E-state index contributed by atoms with van der Waals surface area (Å²) in [6.45, 7) is 3.75. The molecule has 128 valence electrons. The minimum atomic E-state index is -0.707. The summed E-state index contributed by atoms with van der Waals surface area (Å²) in [6, 6.07) is 0. The van der Waals surface area contributed by atoms with Gasteiger partial charge in [-0.05, 0) is 32.1 Å². The maximum absolute atomic E-state index is 10.3. The van der Waals surface area contributed by atoms with Crippen LogP contribution in [-0.4, -0.2) is 11.1 Å². The van der Waals surface area contributed by atoms with Crippen molar-refractivity contribution in [3.8, 4) is 0 Å². The van der Waals surface area contributed by atoms with Gasteiger partial charge in [-0.15, -0.1) is 6.58 Å². The van der Waals surface area contributed by atoms with Crippen LogP contribution in [0.4, 0.5) is 0 Å². The topological polar surface area (TPSA) is 37.3 Å². The van der Waals surface area contributed by atoms with Crippen molar-refractivity contribution in [1.82, 2.24) is 0 Å². The third kappa shape index (κ3) is 18.9. The quantitative estimate of drug-likeness (QED) is 0.241. The number of aliphatic carboxylic acids is 1. The van der Waals surface area contributed by atoms with Gasteiger partial charge in [-0.3, -0.25) is 4.79 Å². The maximum Gasteiger partial charge on any atom is 0.303 e. The Labute approximate surface area is 137 Å². The van der Waals surface area contributed by atoms with Gasteiger partial charge in [0.2, 0.25) is 0 Å². The molecule has 0 fully saturated rings. The highest BCUT2D eigenvalue weighted by molar-refractivity contribution is 5.66. The van der Waals surface area contributed by atoms with Gasteiger partial charge in [-0.2, -0.15) is 0 Å². The molecule has 0 aliphatic carbocycles. The second-order valence-corrected chi connectivity index (χ2v) is 6.16. The second-order valence-electron chi connectivity index (χ2n) is 6.16. The highest BCUT2D eigenvalue weighted by atomic mass is 16.4. The Balaban J connectivity index is 3.05. The van der Waals surface area contributed by atoms with Gasteiger partial charge in [0.25, 0.3) is 0 Å². The first-order valence-corrected chi connectivity index (χ1v) is 9.25. The molecule has 0 aromatic carbocycles. The van der Waals surface area contributed by atoms with E-state index in [4.69, 9.17) is 5.11 Å². The highest BCUT2D eigenvalue weighted by Crippen LogP contribution is 2.12. The molecule has 0 bridgehead atoms. The summed E-state index contributed by atoms with van der Waals surface area (Å²) >= 11 is 0. The van der Waals surface area contributed by atoms with Crippen molar-refractivity contribution in [3.63, 3.8) is 0 Å². The Hall–Kier alpha value is -1.05. The number of hydrogen-bond acceptors (Lipinski definition) is 1. The van der Waals surface area contributed by atoms with Crippen molar-refractivity contribution in [2.75, 3.05) is 0 Å². The lowest BCUT2D eigenvalue weighted by Gasteiger charge is -2.02. The van der Waals surface area contributed by atoms with Crippen molar-refractivity contribution in [3.05, 3.63) is 24.8 Å². The number of hydrogen-bond donors (Lipinski definition) is 1. The zero-order valence-corrected chi connectivity index (χ0v) is 14.4. The summed E-state index contributed by atoms with van der Waals surface area (Å²) in [5, 5.41) is 8.50. The molecule has 22 heavy (non-hydrogen) atoms. The van der Waals surface area contributed by atoms with Crippen LogP contribution < -0.4 is 0 Å². The van der Waals surface area contributed by atoms with Crippen LogP contribution in [0.3, 0.4) is 0 Å². The third-order valence-corrected chi connectivity index (χ3v) is 3.97. The number of unbranched alkanes of at least 4 members (excludes halogenated alkanes) is 12. The average molecular weight is 309 g/mol. The van der Waals surface area contributed by atoms with E-state index >= 15 is 0 Å². The fraction of sp³-hybridized carbons (Fsp3) is 0.750. The Morgan fingerprint density at radius 3 is 1.55 bits per heavy atom. The van der Waals surface area contributed by atoms with E-state index in [1.807, 2.05) is 12.2 Å². The normalized spacial score (nSPS) is 11.1. The van der Waals surface area contributed by atoms with Crippen LogP contribution in [0.15, 0.2) is 24.8 Å². The fourth-order valence-corrected chi connectivity index (χ4v) is 2.58. The Bertz CT molecular complexity index is 281. The summed E-state index contributed by atoms with van der Waals surface area (Å²) in [6.07, 6.45) is 24.3. The molecule has 0 aromatic heterocycles. The molecule has 2 nitrogen and oxygen atoms in total. The largest absolute Gasteiger partial charge is 0.481 e. The molecule has 0 aliphatic rings. The van der Waals surface area contributed by atoms with E-state index in [1.165, 1.54) is 77.0 Å². The van der Waals surface area contributed by atoms with Crippen molar-refractivity contribution in [1.29, 1.82) is 0 Å². The molecule has 0 radical (unpaired) electrons. The first-order chi connectivity index (χ1) is 10.8. The SMILES string of the molecule is C=CCCCCCCCCCCCCC/C=C/CCC(=O)O. The smallest absolute Gasteiger partial charge is 0.303 e. The molecule has 0 aromatic rings. The minimum Gasteiger partial charge on any atom is -0.481 e. The predicted molar refractivity (Wildman–Crippen MR) is 96.2 cm³/mol. The van der Waals surface area contributed by atoms with E-state index in [2.05, 4.69) is 12.7 Å². The number of allylic oxidation sites excluding steroid dienone is 3. The minimum absolute atomic E-state index is 0.255. The molecule has 1 N–H and O–H groups in total. The Kier molecular flexibility index (Phi) is 17.1. The van der Waals surface area contributed by atoms with Crippen LogP contribution in [-0.2, 0) is 4.79 Å². The summed E-state index contributed by atoms with van der Waals surface area (Å²) in [4.78, 5) is 10.3. The predicted octanol–water partition coefficient (Wildman–Crippen LogP) is 6.66. The van der Waals surface area contributed by atoms with E-state index in [-0.39, 0.29) is 6.42 Å². The van der Waals surface area contributed by atoms with E-state index in [9.17, 15) is 4.79 Å². The zero-order valence-electron chi connectivity index (χ0n) is 14.4. The van der Waals surface area contributed by atoms with E-state index in [1.54, 1.807) is 0 Å². The summed E-state index contributed by atoms with van der Waals surface area (Å²) < 4.78 is 0. The van der Waals surface area contributed by atoms with Crippen LogP contribution in [0.5, 0.6) is 0 Å². The molecular weight excluding hydrogens is 272 g/mol. The molecule has 0 spiro atoms. The van der Waals surface area contributed by atoms with Gasteiger partial charge in [0.05, 0.1) is 0 Å². The number of carboxylic acids is 1. The summed E-state index contributed by atoms with van der Waals surface area (Å²) in [7, 11) is 0.